The van der Waals surface area contributed by atoms with Crippen LogP contribution in [-0.4, -0.2) is 49.0 Å². The van der Waals surface area contributed by atoms with Gasteiger partial charge in [0.2, 0.25) is 0 Å². The maximum atomic E-state index is 13.0. The van der Waals surface area contributed by atoms with E-state index in [1.807, 2.05) is 0 Å². The molecule has 0 aromatic heterocycles. The normalized spacial score (nSPS) is 17.4. The number of nitrogens with one attached hydrogen (secondary N) is 1. The fraction of sp³-hybridized carbons (Fsp3) is 0.600. The smallest absolute Gasteiger partial charge is 0.390 e. The first-order valence-electron chi connectivity index (χ1n) is 7.38. The fourth-order valence-corrected chi connectivity index (χ4v) is 2.73. The van der Waals surface area contributed by atoms with Crippen molar-refractivity contribution in [1.82, 2.24) is 10.2 Å². The minimum Gasteiger partial charge on any atom is -0.504 e. The Bertz CT molecular complexity index is 494. The molecule has 1 fully saturated rings. The molecule has 0 amide bonds. The van der Waals surface area contributed by atoms with E-state index < -0.39 is 18.6 Å². The van der Waals surface area contributed by atoms with E-state index in [0.29, 0.717) is 32.8 Å². The molecule has 0 bridgehead atoms. The Balaban J connectivity index is 0.00000264. The average molecular weight is 355 g/mol. The SMILES string of the molecule is CCOc1cccc([C@H](CC(F)(F)F)N2CCNCC2)c1O.Cl. The molecule has 1 aliphatic heterocycles. The van der Waals surface area contributed by atoms with Gasteiger partial charge >= 0.3 is 6.18 Å². The maximum absolute atomic E-state index is 13.0. The van der Waals surface area contributed by atoms with E-state index in [9.17, 15) is 18.3 Å². The molecule has 1 aromatic carbocycles. The number of halogens is 4. The summed E-state index contributed by atoms with van der Waals surface area (Å²) in [5, 5.41) is 13.4. The topological polar surface area (TPSA) is 44.7 Å². The number of phenols is 1. The quantitative estimate of drug-likeness (QED) is 0.853. The summed E-state index contributed by atoms with van der Waals surface area (Å²) in [6.45, 7) is 4.41. The van der Waals surface area contributed by atoms with Crippen molar-refractivity contribution in [2.24, 2.45) is 0 Å². The predicted octanol–water partition coefficient (Wildman–Crippen LogP) is 3.11. The van der Waals surface area contributed by atoms with Crippen molar-refractivity contribution in [2.75, 3.05) is 32.8 Å². The molecular weight excluding hydrogens is 333 g/mol. The second-order valence-corrected chi connectivity index (χ2v) is 5.25. The number of alkyl halides is 3. The largest absolute Gasteiger partial charge is 0.504 e. The molecule has 1 heterocycles. The first-order valence-corrected chi connectivity index (χ1v) is 7.38. The zero-order chi connectivity index (χ0) is 16.2. The molecule has 1 atom stereocenters. The first kappa shape index (κ1) is 19.9. The summed E-state index contributed by atoms with van der Waals surface area (Å²) < 4.78 is 44.2. The number of hydrogen-bond acceptors (Lipinski definition) is 4. The van der Waals surface area contributed by atoms with Crippen LogP contribution in [0.2, 0.25) is 0 Å². The molecule has 1 aromatic rings. The van der Waals surface area contributed by atoms with Gasteiger partial charge in [0.15, 0.2) is 11.5 Å². The molecule has 2 rings (SSSR count). The number of phenolic OH excluding ortho intramolecular Hbond substituents is 1. The molecule has 0 radical (unpaired) electrons. The van der Waals surface area contributed by atoms with Crippen molar-refractivity contribution in [1.29, 1.82) is 0 Å². The van der Waals surface area contributed by atoms with Gasteiger partial charge in [0.1, 0.15) is 0 Å². The van der Waals surface area contributed by atoms with E-state index in [-0.39, 0.29) is 29.5 Å². The van der Waals surface area contributed by atoms with E-state index in [0.717, 1.165) is 0 Å². The van der Waals surface area contributed by atoms with Gasteiger partial charge in [-0.15, -0.1) is 12.4 Å². The molecule has 0 spiro atoms. The van der Waals surface area contributed by atoms with Crippen molar-refractivity contribution in [2.45, 2.75) is 25.6 Å². The van der Waals surface area contributed by atoms with Crippen LogP contribution in [0.4, 0.5) is 13.2 Å². The van der Waals surface area contributed by atoms with E-state index in [4.69, 9.17) is 4.74 Å². The molecule has 8 heteroatoms. The molecule has 0 unspecified atom stereocenters. The van der Waals surface area contributed by atoms with Gasteiger partial charge in [-0.05, 0) is 13.0 Å². The summed E-state index contributed by atoms with van der Waals surface area (Å²) in [5.41, 5.74) is 0.269. The lowest BCUT2D eigenvalue weighted by Gasteiger charge is -2.36. The van der Waals surface area contributed by atoms with Crippen molar-refractivity contribution in [3.63, 3.8) is 0 Å². The van der Waals surface area contributed by atoms with Gasteiger partial charge in [-0.2, -0.15) is 13.2 Å². The van der Waals surface area contributed by atoms with Crippen molar-refractivity contribution in [3.8, 4) is 11.5 Å². The first-order chi connectivity index (χ1) is 10.4. The molecule has 23 heavy (non-hydrogen) atoms. The molecule has 0 saturated carbocycles. The van der Waals surface area contributed by atoms with Crippen molar-refractivity contribution in [3.05, 3.63) is 23.8 Å². The summed E-state index contributed by atoms with van der Waals surface area (Å²) >= 11 is 0. The Labute approximate surface area is 140 Å². The molecule has 4 nitrogen and oxygen atoms in total. The fourth-order valence-electron chi connectivity index (χ4n) is 2.73. The third-order valence-corrected chi connectivity index (χ3v) is 3.71. The zero-order valence-corrected chi connectivity index (χ0v) is 13.7. The van der Waals surface area contributed by atoms with Crippen LogP contribution >= 0.6 is 12.4 Å². The van der Waals surface area contributed by atoms with Gasteiger partial charge in [-0.3, -0.25) is 4.90 Å². The van der Waals surface area contributed by atoms with Crippen LogP contribution in [-0.2, 0) is 0 Å². The Morgan fingerprint density at radius 3 is 2.52 bits per heavy atom. The second-order valence-electron chi connectivity index (χ2n) is 5.25. The highest BCUT2D eigenvalue weighted by Gasteiger charge is 2.37. The number of benzene rings is 1. The highest BCUT2D eigenvalue weighted by atomic mass is 35.5. The average Bonchev–Trinajstić information content (AvgIpc) is 2.47. The number of nitrogens with zero attached hydrogens (tertiary/aromatic N) is 1. The van der Waals surface area contributed by atoms with Gasteiger partial charge in [0, 0.05) is 37.8 Å². The highest BCUT2D eigenvalue weighted by Crippen LogP contribution is 2.41. The highest BCUT2D eigenvalue weighted by molar-refractivity contribution is 5.85. The Morgan fingerprint density at radius 1 is 1.30 bits per heavy atom. The van der Waals surface area contributed by atoms with Gasteiger partial charge < -0.3 is 15.2 Å². The lowest BCUT2D eigenvalue weighted by Crippen LogP contribution is -2.46. The minimum atomic E-state index is -4.30. The predicted molar refractivity (Wildman–Crippen MR) is 84.4 cm³/mol. The summed E-state index contributed by atoms with van der Waals surface area (Å²) in [4.78, 5) is 1.76. The summed E-state index contributed by atoms with van der Waals surface area (Å²) in [6, 6.07) is 3.81. The van der Waals surface area contributed by atoms with E-state index in [1.54, 1.807) is 24.0 Å². The Morgan fingerprint density at radius 2 is 1.96 bits per heavy atom. The van der Waals surface area contributed by atoms with Crippen LogP contribution < -0.4 is 10.1 Å². The number of rotatable bonds is 5. The third-order valence-electron chi connectivity index (χ3n) is 3.71. The molecule has 2 N–H and O–H groups in total. The third kappa shape index (κ3) is 5.44. The van der Waals surface area contributed by atoms with Crippen LogP contribution in [0.5, 0.6) is 11.5 Å². The van der Waals surface area contributed by atoms with E-state index in [2.05, 4.69) is 5.32 Å². The number of aromatic hydroxyl groups is 1. The lowest BCUT2D eigenvalue weighted by atomic mass is 9.99. The van der Waals surface area contributed by atoms with Crippen molar-refractivity contribution < 1.29 is 23.0 Å². The van der Waals surface area contributed by atoms with Crippen LogP contribution in [0.1, 0.15) is 24.9 Å². The number of piperazine rings is 1. The van der Waals surface area contributed by atoms with Crippen molar-refractivity contribution >= 4 is 12.4 Å². The number of ether oxygens (including phenoxy) is 1. The Kier molecular flexibility index (Phi) is 7.44. The van der Waals surface area contributed by atoms with E-state index >= 15 is 0 Å². The Hall–Kier alpha value is -1.18. The van der Waals surface area contributed by atoms with Crippen LogP contribution in [0.15, 0.2) is 18.2 Å². The molecule has 132 valence electrons. The minimum absolute atomic E-state index is 0. The van der Waals surface area contributed by atoms with Gasteiger partial charge in [0.05, 0.1) is 13.0 Å². The standard InChI is InChI=1S/C15H21F3N2O2.ClH/c1-2-22-13-5-3-4-11(14(13)21)12(10-15(16,17)18)20-8-6-19-7-9-20;/h3-5,12,19,21H,2,6-10H2,1H3;1H/t12-;/m0./s1. The summed E-state index contributed by atoms with van der Waals surface area (Å²) in [6.07, 6.45) is -5.29. The number of para-hydroxylation sites is 1. The maximum Gasteiger partial charge on any atom is 0.390 e. The van der Waals surface area contributed by atoms with Crippen LogP contribution in [0.3, 0.4) is 0 Å². The van der Waals surface area contributed by atoms with Gasteiger partial charge in [-0.25, -0.2) is 0 Å². The van der Waals surface area contributed by atoms with Gasteiger partial charge in [0.25, 0.3) is 0 Å². The van der Waals surface area contributed by atoms with Crippen LogP contribution in [0.25, 0.3) is 0 Å². The zero-order valence-electron chi connectivity index (χ0n) is 12.9. The van der Waals surface area contributed by atoms with E-state index in [1.165, 1.54) is 6.07 Å². The second kappa shape index (κ2) is 8.61. The summed E-state index contributed by atoms with van der Waals surface area (Å²) in [5.74, 6) is 0.0273. The number of hydrogen-bond donors (Lipinski definition) is 2. The molecule has 0 aliphatic carbocycles. The molecule has 1 saturated heterocycles. The monoisotopic (exact) mass is 354 g/mol. The molecule has 1 aliphatic rings. The van der Waals surface area contributed by atoms with Gasteiger partial charge in [-0.1, -0.05) is 12.1 Å². The van der Waals surface area contributed by atoms with Crippen LogP contribution in [0, 0.1) is 0 Å². The summed E-state index contributed by atoms with van der Waals surface area (Å²) in [7, 11) is 0. The molecular formula is C15H22ClF3N2O2. The lowest BCUT2D eigenvalue weighted by molar-refractivity contribution is -0.148.